The summed E-state index contributed by atoms with van der Waals surface area (Å²) in [6.45, 7) is 0. The standard InChI is InChI=1S/C14H11ClF2N2O/c15-10-6-8(4-5-13(10)18)19-14(20)7-9-11(16)2-1-3-12(9)17/h1-6H,7,18H2,(H,19,20). The van der Waals surface area contributed by atoms with Crippen LogP contribution >= 0.6 is 11.6 Å². The van der Waals surface area contributed by atoms with E-state index in [1.165, 1.54) is 18.2 Å². The fraction of sp³-hybridized carbons (Fsp3) is 0.0714. The number of hydrogen-bond acceptors (Lipinski definition) is 2. The Labute approximate surface area is 119 Å². The second-order valence-corrected chi connectivity index (χ2v) is 4.57. The van der Waals surface area contributed by atoms with Gasteiger partial charge in [-0.2, -0.15) is 0 Å². The molecule has 0 unspecified atom stereocenters. The molecule has 3 nitrogen and oxygen atoms in total. The van der Waals surface area contributed by atoms with E-state index in [4.69, 9.17) is 17.3 Å². The molecule has 20 heavy (non-hydrogen) atoms. The van der Waals surface area contributed by atoms with Crippen molar-refractivity contribution in [3.63, 3.8) is 0 Å². The van der Waals surface area contributed by atoms with E-state index < -0.39 is 24.0 Å². The zero-order valence-corrected chi connectivity index (χ0v) is 11.0. The van der Waals surface area contributed by atoms with Crippen LogP contribution in [0.15, 0.2) is 36.4 Å². The molecule has 2 aromatic carbocycles. The predicted octanol–water partition coefficient (Wildman–Crippen LogP) is 3.38. The third-order valence-electron chi connectivity index (χ3n) is 2.68. The molecule has 0 aromatic heterocycles. The maximum Gasteiger partial charge on any atom is 0.229 e. The van der Waals surface area contributed by atoms with Crippen LogP contribution in [0, 0.1) is 11.6 Å². The predicted molar refractivity (Wildman–Crippen MR) is 74.6 cm³/mol. The van der Waals surface area contributed by atoms with Gasteiger partial charge in [0.2, 0.25) is 5.91 Å². The molecule has 6 heteroatoms. The number of benzene rings is 2. The Kier molecular flexibility index (Phi) is 4.20. The van der Waals surface area contributed by atoms with E-state index >= 15 is 0 Å². The lowest BCUT2D eigenvalue weighted by Gasteiger charge is -2.08. The van der Waals surface area contributed by atoms with E-state index in [1.807, 2.05) is 0 Å². The molecule has 0 fully saturated rings. The van der Waals surface area contributed by atoms with Crippen LogP contribution in [-0.4, -0.2) is 5.91 Å². The highest BCUT2D eigenvalue weighted by Gasteiger charge is 2.13. The number of halogens is 3. The summed E-state index contributed by atoms with van der Waals surface area (Å²) in [4.78, 5) is 11.8. The minimum absolute atomic E-state index is 0.272. The average molecular weight is 297 g/mol. The third-order valence-corrected chi connectivity index (χ3v) is 3.01. The molecule has 0 spiro atoms. The van der Waals surface area contributed by atoms with Crippen molar-refractivity contribution in [1.29, 1.82) is 0 Å². The summed E-state index contributed by atoms with van der Waals surface area (Å²) in [7, 11) is 0. The van der Waals surface area contributed by atoms with Crippen LogP contribution < -0.4 is 11.1 Å². The Morgan fingerprint density at radius 2 is 1.85 bits per heavy atom. The minimum atomic E-state index is -0.754. The highest BCUT2D eigenvalue weighted by Crippen LogP contribution is 2.23. The fourth-order valence-electron chi connectivity index (χ4n) is 1.67. The Balaban J connectivity index is 2.11. The first-order chi connectivity index (χ1) is 9.47. The lowest BCUT2D eigenvalue weighted by atomic mass is 10.1. The molecule has 0 heterocycles. The number of carbonyl (C=O) groups is 1. The van der Waals surface area contributed by atoms with Crippen LogP contribution in [0.3, 0.4) is 0 Å². The first-order valence-electron chi connectivity index (χ1n) is 5.75. The van der Waals surface area contributed by atoms with E-state index in [0.29, 0.717) is 16.4 Å². The van der Waals surface area contributed by atoms with Gasteiger partial charge < -0.3 is 11.1 Å². The average Bonchev–Trinajstić information content (AvgIpc) is 2.38. The van der Waals surface area contributed by atoms with Gasteiger partial charge in [0.05, 0.1) is 17.1 Å². The van der Waals surface area contributed by atoms with E-state index in [0.717, 1.165) is 12.1 Å². The smallest absolute Gasteiger partial charge is 0.229 e. The number of anilines is 2. The number of rotatable bonds is 3. The summed E-state index contributed by atoms with van der Waals surface area (Å²) in [6, 6.07) is 7.99. The van der Waals surface area contributed by atoms with Gasteiger partial charge in [-0.15, -0.1) is 0 Å². The Morgan fingerprint density at radius 1 is 1.20 bits per heavy atom. The lowest BCUT2D eigenvalue weighted by molar-refractivity contribution is -0.115. The number of hydrogen-bond donors (Lipinski definition) is 2. The van der Waals surface area contributed by atoms with Gasteiger partial charge in [-0.3, -0.25) is 4.79 Å². The monoisotopic (exact) mass is 296 g/mol. The van der Waals surface area contributed by atoms with E-state index in [-0.39, 0.29) is 5.56 Å². The van der Waals surface area contributed by atoms with Gasteiger partial charge in [0.1, 0.15) is 11.6 Å². The molecule has 1 amide bonds. The minimum Gasteiger partial charge on any atom is -0.398 e. The van der Waals surface area contributed by atoms with Crippen molar-refractivity contribution in [3.8, 4) is 0 Å². The molecule has 2 rings (SSSR count). The number of nitrogen functional groups attached to an aromatic ring is 1. The topological polar surface area (TPSA) is 55.1 Å². The van der Waals surface area contributed by atoms with Crippen LogP contribution in [0.5, 0.6) is 0 Å². The highest BCUT2D eigenvalue weighted by atomic mass is 35.5. The summed E-state index contributed by atoms with van der Waals surface area (Å²) in [5.74, 6) is -2.05. The fourth-order valence-corrected chi connectivity index (χ4v) is 1.85. The van der Waals surface area contributed by atoms with Crippen LogP contribution in [0.2, 0.25) is 5.02 Å². The molecule has 2 aromatic rings. The summed E-state index contributed by atoms with van der Waals surface area (Å²) in [5, 5.41) is 2.79. The summed E-state index contributed by atoms with van der Waals surface area (Å²) < 4.78 is 26.8. The van der Waals surface area contributed by atoms with Crippen molar-refractivity contribution < 1.29 is 13.6 Å². The van der Waals surface area contributed by atoms with Crippen molar-refractivity contribution in [2.45, 2.75) is 6.42 Å². The molecular formula is C14H11ClF2N2O. The molecule has 0 aliphatic heterocycles. The summed E-state index contributed by atoms with van der Waals surface area (Å²) in [6.07, 6.45) is -0.402. The zero-order chi connectivity index (χ0) is 14.7. The van der Waals surface area contributed by atoms with E-state index in [1.54, 1.807) is 6.07 Å². The second kappa shape index (κ2) is 5.88. The van der Waals surface area contributed by atoms with Gasteiger partial charge in [0, 0.05) is 11.3 Å². The van der Waals surface area contributed by atoms with E-state index in [9.17, 15) is 13.6 Å². The summed E-state index contributed by atoms with van der Waals surface area (Å²) in [5.41, 5.74) is 6.06. The van der Waals surface area contributed by atoms with Crippen LogP contribution in [0.1, 0.15) is 5.56 Å². The maximum absolute atomic E-state index is 13.4. The Hall–Kier alpha value is -2.14. The van der Waals surface area contributed by atoms with Crippen molar-refractivity contribution >= 4 is 28.9 Å². The molecule has 3 N–H and O–H groups in total. The van der Waals surface area contributed by atoms with Gasteiger partial charge in [-0.05, 0) is 30.3 Å². The molecule has 0 bridgehead atoms. The van der Waals surface area contributed by atoms with Crippen molar-refractivity contribution in [1.82, 2.24) is 0 Å². The first-order valence-corrected chi connectivity index (χ1v) is 6.13. The van der Waals surface area contributed by atoms with E-state index in [2.05, 4.69) is 5.32 Å². The zero-order valence-electron chi connectivity index (χ0n) is 10.3. The van der Waals surface area contributed by atoms with Gasteiger partial charge in [-0.25, -0.2) is 8.78 Å². The normalized spacial score (nSPS) is 10.3. The van der Waals surface area contributed by atoms with Gasteiger partial charge in [0.15, 0.2) is 0 Å². The summed E-state index contributed by atoms with van der Waals surface area (Å²) >= 11 is 5.81. The highest BCUT2D eigenvalue weighted by molar-refractivity contribution is 6.33. The SMILES string of the molecule is Nc1ccc(NC(=O)Cc2c(F)cccc2F)cc1Cl. The second-order valence-electron chi connectivity index (χ2n) is 4.16. The van der Waals surface area contributed by atoms with Crippen LogP contribution in [0.25, 0.3) is 0 Å². The quantitative estimate of drug-likeness (QED) is 0.853. The van der Waals surface area contributed by atoms with Crippen LogP contribution in [0.4, 0.5) is 20.2 Å². The van der Waals surface area contributed by atoms with Crippen molar-refractivity contribution in [3.05, 3.63) is 58.6 Å². The third kappa shape index (κ3) is 3.24. The van der Waals surface area contributed by atoms with Gasteiger partial charge in [0.25, 0.3) is 0 Å². The Morgan fingerprint density at radius 3 is 2.45 bits per heavy atom. The number of nitrogens with one attached hydrogen (secondary N) is 1. The van der Waals surface area contributed by atoms with Gasteiger partial charge in [-0.1, -0.05) is 17.7 Å². The van der Waals surface area contributed by atoms with Gasteiger partial charge >= 0.3 is 0 Å². The molecule has 0 saturated heterocycles. The molecule has 0 saturated carbocycles. The molecule has 104 valence electrons. The maximum atomic E-state index is 13.4. The van der Waals surface area contributed by atoms with Crippen molar-refractivity contribution in [2.24, 2.45) is 0 Å². The Bertz CT molecular complexity index is 641. The number of carbonyl (C=O) groups excluding carboxylic acids is 1. The molecule has 0 aliphatic rings. The first kappa shape index (κ1) is 14.3. The lowest BCUT2D eigenvalue weighted by Crippen LogP contribution is -2.16. The molecule has 0 atom stereocenters. The number of nitrogens with two attached hydrogens (primary N) is 1. The molecule has 0 aliphatic carbocycles. The van der Waals surface area contributed by atoms with Crippen LogP contribution in [-0.2, 0) is 11.2 Å². The molecule has 0 radical (unpaired) electrons. The molecular weight excluding hydrogens is 286 g/mol. The largest absolute Gasteiger partial charge is 0.398 e. The number of amides is 1. The van der Waals surface area contributed by atoms with Crippen molar-refractivity contribution in [2.75, 3.05) is 11.1 Å².